The molecule has 32 heavy (non-hydrogen) atoms. The van der Waals surface area contributed by atoms with Crippen LogP contribution >= 0.6 is 22.9 Å². The summed E-state index contributed by atoms with van der Waals surface area (Å²) in [6.07, 6.45) is 3.42. The minimum Gasteiger partial charge on any atom is -0.302 e. The fourth-order valence-corrected chi connectivity index (χ4v) is 5.26. The number of carbonyl (C=O) groups excluding carboxylic acids is 1. The number of pyridine rings is 1. The molecule has 0 saturated heterocycles. The van der Waals surface area contributed by atoms with Gasteiger partial charge in [0.2, 0.25) is 0 Å². The summed E-state index contributed by atoms with van der Waals surface area (Å²) in [5.74, 6) is -0.132. The first-order chi connectivity index (χ1) is 15.7. The molecule has 5 rings (SSSR count). The summed E-state index contributed by atoms with van der Waals surface area (Å²) in [5, 5.41) is 1.40. The van der Waals surface area contributed by atoms with E-state index in [1.54, 1.807) is 17.3 Å². The zero-order valence-corrected chi connectivity index (χ0v) is 18.7. The Morgan fingerprint density at radius 2 is 1.62 bits per heavy atom. The molecule has 0 aliphatic carbocycles. The van der Waals surface area contributed by atoms with Crippen molar-refractivity contribution in [1.29, 1.82) is 0 Å². The molecule has 0 radical (unpaired) electrons. The van der Waals surface area contributed by atoms with Gasteiger partial charge in [0.05, 0.1) is 23.5 Å². The van der Waals surface area contributed by atoms with Crippen molar-refractivity contribution in [3.05, 3.63) is 119 Å². The lowest BCUT2D eigenvalue weighted by Crippen LogP contribution is -2.30. The second-order valence-electron chi connectivity index (χ2n) is 7.37. The molecule has 0 atom stereocenters. The van der Waals surface area contributed by atoms with Crippen LogP contribution in [0.25, 0.3) is 21.2 Å². The van der Waals surface area contributed by atoms with Gasteiger partial charge in [-0.2, -0.15) is 0 Å². The van der Waals surface area contributed by atoms with Crippen LogP contribution in [0.4, 0.5) is 5.69 Å². The van der Waals surface area contributed by atoms with E-state index in [9.17, 15) is 4.79 Å². The molecule has 2 aromatic heterocycles. The van der Waals surface area contributed by atoms with Gasteiger partial charge >= 0.3 is 0 Å². The summed E-state index contributed by atoms with van der Waals surface area (Å²) in [6.45, 7) is 0.403. The second-order valence-corrected chi connectivity index (χ2v) is 8.80. The highest BCUT2D eigenvalue weighted by Crippen LogP contribution is 2.37. The summed E-state index contributed by atoms with van der Waals surface area (Å²) >= 11 is 8.08. The van der Waals surface area contributed by atoms with Crippen LogP contribution in [0.3, 0.4) is 0 Å². The fraction of sp³-hybridized carbons (Fsp3) is 0.0370. The summed E-state index contributed by atoms with van der Waals surface area (Å²) in [7, 11) is 0. The Hall–Kier alpha value is -3.47. The SMILES string of the molecule is O=C(c1sc2ccccc2c1Cl)N(Cc1ccccc1-c1ccccc1)c1cccnc1. The molecule has 3 nitrogen and oxygen atoms in total. The molecule has 3 aromatic carbocycles. The van der Waals surface area contributed by atoms with E-state index in [1.807, 2.05) is 66.7 Å². The molecular formula is C27H19ClN2OS. The Bertz CT molecular complexity index is 1380. The van der Waals surface area contributed by atoms with Gasteiger partial charge in [0.25, 0.3) is 5.91 Å². The van der Waals surface area contributed by atoms with Crippen LogP contribution in [0.2, 0.25) is 5.02 Å². The van der Waals surface area contributed by atoms with Gasteiger partial charge in [-0.3, -0.25) is 9.78 Å². The molecule has 0 bridgehead atoms. The third kappa shape index (κ3) is 3.91. The summed E-state index contributed by atoms with van der Waals surface area (Å²) in [4.78, 5) is 20.3. The summed E-state index contributed by atoms with van der Waals surface area (Å²) < 4.78 is 0.997. The van der Waals surface area contributed by atoms with Gasteiger partial charge in [-0.1, -0.05) is 84.4 Å². The van der Waals surface area contributed by atoms with Crippen molar-refractivity contribution in [3.8, 4) is 11.1 Å². The molecule has 0 fully saturated rings. The number of nitrogens with zero attached hydrogens (tertiary/aromatic N) is 2. The van der Waals surface area contributed by atoms with Gasteiger partial charge in [-0.05, 0) is 34.9 Å². The number of thiophene rings is 1. The lowest BCUT2D eigenvalue weighted by Gasteiger charge is -2.24. The average molecular weight is 455 g/mol. The third-order valence-electron chi connectivity index (χ3n) is 5.36. The van der Waals surface area contributed by atoms with Crippen molar-refractivity contribution in [3.63, 3.8) is 0 Å². The predicted octanol–water partition coefficient (Wildman–Crippen LogP) is 7.46. The molecule has 0 N–H and O–H groups in total. The van der Waals surface area contributed by atoms with Crippen molar-refractivity contribution in [1.82, 2.24) is 4.98 Å². The van der Waals surface area contributed by atoms with E-state index >= 15 is 0 Å². The first-order valence-electron chi connectivity index (χ1n) is 10.2. The molecule has 0 spiro atoms. The van der Waals surface area contributed by atoms with Crippen LogP contribution in [0, 0.1) is 0 Å². The number of amides is 1. The maximum Gasteiger partial charge on any atom is 0.270 e. The Labute approximate surface area is 195 Å². The minimum absolute atomic E-state index is 0.132. The van der Waals surface area contributed by atoms with Crippen molar-refractivity contribution < 1.29 is 4.79 Å². The van der Waals surface area contributed by atoms with Crippen molar-refractivity contribution in [2.75, 3.05) is 4.90 Å². The highest BCUT2D eigenvalue weighted by molar-refractivity contribution is 7.21. The number of hydrogen-bond donors (Lipinski definition) is 0. The number of carbonyl (C=O) groups is 1. The Kier molecular flexibility index (Phi) is 5.71. The molecule has 1 amide bonds. The molecule has 5 heteroatoms. The number of hydrogen-bond acceptors (Lipinski definition) is 3. The molecule has 2 heterocycles. The topological polar surface area (TPSA) is 33.2 Å². The van der Waals surface area contributed by atoms with Crippen LogP contribution in [0.5, 0.6) is 0 Å². The van der Waals surface area contributed by atoms with Gasteiger partial charge in [0.1, 0.15) is 4.88 Å². The number of halogens is 1. The number of anilines is 1. The Morgan fingerprint density at radius 3 is 2.41 bits per heavy atom. The maximum absolute atomic E-state index is 13.8. The smallest absolute Gasteiger partial charge is 0.270 e. The highest BCUT2D eigenvalue weighted by atomic mass is 35.5. The number of benzene rings is 3. The lowest BCUT2D eigenvalue weighted by molar-refractivity contribution is 0.0989. The average Bonchev–Trinajstić information content (AvgIpc) is 3.20. The first-order valence-corrected chi connectivity index (χ1v) is 11.4. The maximum atomic E-state index is 13.8. The van der Waals surface area contributed by atoms with E-state index in [0.717, 1.165) is 32.5 Å². The van der Waals surface area contributed by atoms with Crippen molar-refractivity contribution >= 4 is 44.6 Å². The van der Waals surface area contributed by atoms with E-state index in [-0.39, 0.29) is 5.91 Å². The van der Waals surface area contributed by atoms with Crippen LogP contribution in [0.1, 0.15) is 15.2 Å². The predicted molar refractivity (Wildman–Crippen MR) is 133 cm³/mol. The molecule has 156 valence electrons. The molecule has 0 saturated carbocycles. The van der Waals surface area contributed by atoms with Gasteiger partial charge < -0.3 is 4.90 Å². The van der Waals surface area contributed by atoms with E-state index in [2.05, 4.69) is 29.2 Å². The van der Waals surface area contributed by atoms with Crippen LogP contribution in [-0.2, 0) is 6.54 Å². The monoisotopic (exact) mass is 454 g/mol. The number of aromatic nitrogens is 1. The summed E-state index contributed by atoms with van der Waals surface area (Å²) in [6, 6.07) is 29.9. The highest BCUT2D eigenvalue weighted by Gasteiger charge is 2.25. The van der Waals surface area contributed by atoms with Gasteiger partial charge in [0.15, 0.2) is 0 Å². The standard InChI is InChI=1S/C27H19ClN2OS/c28-25-23-14-6-7-15-24(23)32-26(25)27(31)30(21-12-8-16-29-17-21)18-20-11-4-5-13-22(20)19-9-2-1-3-10-19/h1-17H,18H2. The van der Waals surface area contributed by atoms with Crippen LogP contribution in [-0.4, -0.2) is 10.9 Å². The molecule has 0 aliphatic rings. The van der Waals surface area contributed by atoms with Crippen molar-refractivity contribution in [2.45, 2.75) is 6.54 Å². The van der Waals surface area contributed by atoms with Crippen molar-refractivity contribution in [2.24, 2.45) is 0 Å². The summed E-state index contributed by atoms with van der Waals surface area (Å²) in [5.41, 5.74) is 3.99. The number of rotatable bonds is 5. The first kappa shape index (κ1) is 20.4. The quantitative estimate of drug-likeness (QED) is 0.276. The van der Waals surface area contributed by atoms with E-state index < -0.39 is 0 Å². The van der Waals surface area contributed by atoms with E-state index in [1.165, 1.54) is 11.3 Å². The Balaban J connectivity index is 1.59. The van der Waals surface area contributed by atoms with E-state index in [0.29, 0.717) is 16.4 Å². The minimum atomic E-state index is -0.132. The fourth-order valence-electron chi connectivity index (χ4n) is 3.80. The van der Waals surface area contributed by atoms with Gasteiger partial charge in [-0.15, -0.1) is 11.3 Å². The van der Waals surface area contributed by atoms with Crippen LogP contribution in [0.15, 0.2) is 103 Å². The largest absolute Gasteiger partial charge is 0.302 e. The molecular weight excluding hydrogens is 436 g/mol. The Morgan fingerprint density at radius 1 is 0.875 bits per heavy atom. The van der Waals surface area contributed by atoms with Gasteiger partial charge in [-0.25, -0.2) is 0 Å². The molecule has 0 aliphatic heterocycles. The lowest BCUT2D eigenvalue weighted by atomic mass is 9.99. The van der Waals surface area contributed by atoms with Gasteiger partial charge in [0, 0.05) is 16.3 Å². The third-order valence-corrected chi connectivity index (χ3v) is 7.03. The zero-order valence-electron chi connectivity index (χ0n) is 17.1. The molecule has 5 aromatic rings. The number of fused-ring (bicyclic) bond motifs is 1. The zero-order chi connectivity index (χ0) is 21.9. The van der Waals surface area contributed by atoms with E-state index in [4.69, 9.17) is 11.6 Å². The molecule has 0 unspecified atom stereocenters. The van der Waals surface area contributed by atoms with Crippen LogP contribution < -0.4 is 4.90 Å². The second kappa shape index (κ2) is 8.95. The normalized spacial score (nSPS) is 10.9.